The molecule has 1 aromatic rings. The van der Waals surface area contributed by atoms with Crippen molar-refractivity contribution in [2.75, 3.05) is 19.6 Å². The Labute approximate surface area is 128 Å². The lowest BCUT2D eigenvalue weighted by molar-refractivity contribution is 0.310. The molecule has 20 heavy (non-hydrogen) atoms. The second-order valence-corrected chi connectivity index (χ2v) is 7.38. The van der Waals surface area contributed by atoms with E-state index in [9.17, 15) is 8.42 Å². The normalized spacial score (nSPS) is 20.7. The van der Waals surface area contributed by atoms with Crippen LogP contribution in [0.5, 0.6) is 0 Å². The third kappa shape index (κ3) is 3.73. The lowest BCUT2D eigenvalue weighted by Gasteiger charge is -2.31. The number of halogens is 1. The van der Waals surface area contributed by atoms with Crippen LogP contribution in [0.2, 0.25) is 0 Å². The van der Waals surface area contributed by atoms with E-state index in [1.165, 1.54) is 0 Å². The van der Waals surface area contributed by atoms with Crippen molar-refractivity contribution in [3.05, 3.63) is 29.8 Å². The summed E-state index contributed by atoms with van der Waals surface area (Å²) in [4.78, 5) is 0.394. The molecular weight excluding hydrogens is 296 g/mol. The van der Waals surface area contributed by atoms with Crippen molar-refractivity contribution in [1.29, 1.82) is 0 Å². The van der Waals surface area contributed by atoms with Gasteiger partial charge in [-0.15, -0.1) is 12.4 Å². The van der Waals surface area contributed by atoms with E-state index in [1.807, 2.05) is 19.1 Å². The van der Waals surface area contributed by atoms with Crippen LogP contribution in [-0.2, 0) is 10.0 Å². The number of nitrogens with zero attached hydrogens (tertiary/aromatic N) is 1. The predicted octanol–water partition coefficient (Wildman–Crippen LogP) is 2.21. The minimum atomic E-state index is -3.34. The van der Waals surface area contributed by atoms with Gasteiger partial charge in [0, 0.05) is 25.7 Å². The summed E-state index contributed by atoms with van der Waals surface area (Å²) in [6.45, 7) is 7.99. The van der Waals surface area contributed by atoms with Crippen molar-refractivity contribution < 1.29 is 8.42 Å². The molecular formula is C14H23ClN2O2S. The molecule has 1 heterocycles. The molecule has 1 unspecified atom stereocenters. The minimum Gasteiger partial charge on any atom is -0.312 e. The molecule has 2 rings (SSSR count). The summed E-state index contributed by atoms with van der Waals surface area (Å²) in [5.74, 6) is 0.413. The summed E-state index contributed by atoms with van der Waals surface area (Å²) in [5, 5.41) is 3.25. The zero-order chi connectivity index (χ0) is 14.0. The third-order valence-electron chi connectivity index (χ3n) is 3.52. The lowest BCUT2D eigenvalue weighted by Crippen LogP contribution is -2.51. The van der Waals surface area contributed by atoms with Crippen LogP contribution in [0.3, 0.4) is 0 Å². The van der Waals surface area contributed by atoms with Gasteiger partial charge >= 0.3 is 0 Å². The molecule has 4 nitrogen and oxygen atoms in total. The first-order valence-electron chi connectivity index (χ1n) is 6.75. The highest BCUT2D eigenvalue weighted by molar-refractivity contribution is 7.89. The van der Waals surface area contributed by atoms with Gasteiger partial charge in [-0.3, -0.25) is 0 Å². The Balaban J connectivity index is 0.00000200. The molecule has 0 saturated carbocycles. The first-order chi connectivity index (χ1) is 8.91. The van der Waals surface area contributed by atoms with Gasteiger partial charge in [-0.05, 0) is 30.5 Å². The van der Waals surface area contributed by atoms with E-state index < -0.39 is 10.0 Å². The topological polar surface area (TPSA) is 49.4 Å². The molecule has 6 heteroatoms. The van der Waals surface area contributed by atoms with Crippen molar-refractivity contribution in [3.63, 3.8) is 0 Å². The van der Waals surface area contributed by atoms with E-state index in [-0.39, 0.29) is 18.4 Å². The second kappa shape index (κ2) is 6.89. The van der Waals surface area contributed by atoms with Crippen LogP contribution in [0, 0.1) is 0 Å². The van der Waals surface area contributed by atoms with Gasteiger partial charge < -0.3 is 5.32 Å². The largest absolute Gasteiger partial charge is 0.312 e. The van der Waals surface area contributed by atoms with Gasteiger partial charge in [0.15, 0.2) is 0 Å². The Hall–Kier alpha value is -0.620. The van der Waals surface area contributed by atoms with Crippen LogP contribution < -0.4 is 5.32 Å². The lowest BCUT2D eigenvalue weighted by atomic mass is 10.0. The highest BCUT2D eigenvalue weighted by Gasteiger charge is 2.28. The number of rotatable bonds is 3. The summed E-state index contributed by atoms with van der Waals surface area (Å²) < 4.78 is 26.6. The summed E-state index contributed by atoms with van der Waals surface area (Å²) >= 11 is 0. The summed E-state index contributed by atoms with van der Waals surface area (Å²) in [6.07, 6.45) is 0. The SMILES string of the molecule is CC1CN(S(=O)(=O)c2ccc(C(C)C)cc2)CCN1.Cl. The van der Waals surface area contributed by atoms with Crippen LogP contribution in [0.15, 0.2) is 29.2 Å². The van der Waals surface area contributed by atoms with Gasteiger partial charge in [-0.2, -0.15) is 4.31 Å². The van der Waals surface area contributed by atoms with E-state index in [4.69, 9.17) is 0 Å². The van der Waals surface area contributed by atoms with Crippen molar-refractivity contribution in [3.8, 4) is 0 Å². The molecule has 1 atom stereocenters. The quantitative estimate of drug-likeness (QED) is 0.929. The van der Waals surface area contributed by atoms with Crippen molar-refractivity contribution in [2.24, 2.45) is 0 Å². The summed E-state index contributed by atoms with van der Waals surface area (Å²) in [7, 11) is -3.34. The fraction of sp³-hybridized carbons (Fsp3) is 0.571. The first kappa shape index (κ1) is 17.4. The maximum Gasteiger partial charge on any atom is 0.243 e. The van der Waals surface area contributed by atoms with E-state index in [0.717, 1.165) is 5.56 Å². The Morgan fingerprint density at radius 1 is 1.25 bits per heavy atom. The summed E-state index contributed by atoms with van der Waals surface area (Å²) in [5.41, 5.74) is 1.16. The minimum absolute atomic E-state index is 0. The zero-order valence-corrected chi connectivity index (χ0v) is 13.8. The molecule has 1 aliphatic rings. The van der Waals surface area contributed by atoms with Crippen LogP contribution in [-0.4, -0.2) is 38.4 Å². The Kier molecular flexibility index (Phi) is 6.01. The standard InChI is InChI=1S/C14H22N2O2S.ClH/c1-11(2)13-4-6-14(7-5-13)19(17,18)16-9-8-15-12(3)10-16;/h4-7,11-12,15H,8-10H2,1-3H3;1H. The van der Waals surface area contributed by atoms with Crippen LogP contribution in [0.1, 0.15) is 32.3 Å². The summed E-state index contributed by atoms with van der Waals surface area (Å²) in [6, 6.07) is 7.46. The highest BCUT2D eigenvalue weighted by Crippen LogP contribution is 2.20. The molecule has 1 aromatic carbocycles. The monoisotopic (exact) mass is 318 g/mol. The fourth-order valence-corrected chi connectivity index (χ4v) is 3.82. The van der Waals surface area contributed by atoms with Gasteiger partial charge in [0.05, 0.1) is 4.90 Å². The smallest absolute Gasteiger partial charge is 0.243 e. The number of sulfonamides is 1. The van der Waals surface area contributed by atoms with Gasteiger partial charge in [0.1, 0.15) is 0 Å². The first-order valence-corrected chi connectivity index (χ1v) is 8.19. The molecule has 0 aromatic heterocycles. The molecule has 0 spiro atoms. The van der Waals surface area contributed by atoms with Crippen molar-refractivity contribution in [2.45, 2.75) is 37.6 Å². The Morgan fingerprint density at radius 3 is 2.35 bits per heavy atom. The molecule has 0 bridgehead atoms. The van der Waals surface area contributed by atoms with E-state index >= 15 is 0 Å². The number of benzene rings is 1. The van der Waals surface area contributed by atoms with Gasteiger partial charge in [0.25, 0.3) is 0 Å². The molecule has 0 radical (unpaired) electrons. The molecule has 0 amide bonds. The Morgan fingerprint density at radius 2 is 1.85 bits per heavy atom. The molecule has 1 aliphatic heterocycles. The number of hydrogen-bond donors (Lipinski definition) is 1. The molecule has 114 valence electrons. The van der Waals surface area contributed by atoms with Gasteiger partial charge in [-0.25, -0.2) is 8.42 Å². The fourth-order valence-electron chi connectivity index (χ4n) is 2.29. The maximum absolute atomic E-state index is 12.5. The van der Waals surface area contributed by atoms with E-state index in [2.05, 4.69) is 19.2 Å². The number of hydrogen-bond acceptors (Lipinski definition) is 3. The zero-order valence-electron chi connectivity index (χ0n) is 12.2. The van der Waals surface area contributed by atoms with Crippen molar-refractivity contribution in [1.82, 2.24) is 9.62 Å². The van der Waals surface area contributed by atoms with Crippen LogP contribution in [0.4, 0.5) is 0 Å². The maximum atomic E-state index is 12.5. The number of nitrogens with one attached hydrogen (secondary N) is 1. The highest BCUT2D eigenvalue weighted by atomic mass is 35.5. The van der Waals surface area contributed by atoms with Gasteiger partial charge in [0.2, 0.25) is 10.0 Å². The predicted molar refractivity (Wildman–Crippen MR) is 84.0 cm³/mol. The Bertz CT molecular complexity index is 529. The average Bonchev–Trinajstić information content (AvgIpc) is 2.39. The van der Waals surface area contributed by atoms with Gasteiger partial charge in [-0.1, -0.05) is 26.0 Å². The van der Waals surface area contributed by atoms with E-state index in [1.54, 1.807) is 16.4 Å². The van der Waals surface area contributed by atoms with Crippen LogP contribution >= 0.6 is 12.4 Å². The molecule has 0 aliphatic carbocycles. The van der Waals surface area contributed by atoms with Crippen LogP contribution in [0.25, 0.3) is 0 Å². The molecule has 1 fully saturated rings. The second-order valence-electron chi connectivity index (χ2n) is 5.44. The number of piperazine rings is 1. The third-order valence-corrected chi connectivity index (χ3v) is 5.40. The average molecular weight is 319 g/mol. The molecule has 1 saturated heterocycles. The van der Waals surface area contributed by atoms with E-state index in [0.29, 0.717) is 30.4 Å². The van der Waals surface area contributed by atoms with Crippen molar-refractivity contribution >= 4 is 22.4 Å². The molecule has 1 N–H and O–H groups in total.